The average Bonchev–Trinajstić information content (AvgIpc) is 2.36. The summed E-state index contributed by atoms with van der Waals surface area (Å²) in [5.74, 6) is 0. The van der Waals surface area contributed by atoms with Crippen molar-refractivity contribution in [2.24, 2.45) is 5.73 Å². The summed E-state index contributed by atoms with van der Waals surface area (Å²) in [4.78, 5) is 2.30. The van der Waals surface area contributed by atoms with E-state index >= 15 is 0 Å². The molecule has 17 heavy (non-hydrogen) atoms. The minimum Gasteiger partial charge on any atom is -0.329 e. The molecule has 0 radical (unpaired) electrons. The third-order valence-electron chi connectivity index (χ3n) is 3.28. The lowest BCUT2D eigenvalue weighted by Crippen LogP contribution is -2.55. The molecular weight excluding hydrogens is 240 g/mol. The molecule has 1 rings (SSSR count). The third-order valence-corrected chi connectivity index (χ3v) is 4.84. The molecule has 1 unspecified atom stereocenters. The van der Waals surface area contributed by atoms with Crippen molar-refractivity contribution in [2.45, 2.75) is 25.8 Å². The molecule has 6 nitrogen and oxygen atoms in total. The number of hydrogen-bond acceptors (Lipinski definition) is 4. The number of rotatable bonds is 6. The number of nitrogens with one attached hydrogen (secondary N) is 1. The van der Waals surface area contributed by atoms with Gasteiger partial charge in [0.15, 0.2) is 0 Å². The fourth-order valence-corrected chi connectivity index (χ4v) is 3.12. The molecule has 1 saturated heterocycles. The fraction of sp³-hybridized carbons (Fsp3) is 1.00. The van der Waals surface area contributed by atoms with E-state index in [9.17, 15) is 8.42 Å². The van der Waals surface area contributed by atoms with Crippen molar-refractivity contribution in [1.82, 2.24) is 13.9 Å². The van der Waals surface area contributed by atoms with Crippen LogP contribution in [0.25, 0.3) is 0 Å². The smallest absolute Gasteiger partial charge is 0.279 e. The minimum absolute atomic E-state index is 0.388. The standard InChI is InChI=1S/C10H24N4O2S/c1-3-4-10(9-11)13-5-7-14(8-6-13)17(15,16)12-2/h10,12H,3-9,11H2,1-2H3. The summed E-state index contributed by atoms with van der Waals surface area (Å²) < 4.78 is 27.0. The van der Waals surface area contributed by atoms with E-state index in [-0.39, 0.29) is 0 Å². The lowest BCUT2D eigenvalue weighted by atomic mass is 10.1. The van der Waals surface area contributed by atoms with Gasteiger partial charge in [0.1, 0.15) is 0 Å². The minimum atomic E-state index is -3.26. The number of nitrogens with two attached hydrogens (primary N) is 1. The van der Waals surface area contributed by atoms with Gasteiger partial charge in [0.05, 0.1) is 0 Å². The molecule has 0 saturated carbocycles. The Kier molecular flexibility index (Phi) is 5.81. The molecule has 1 heterocycles. The highest BCUT2D eigenvalue weighted by Gasteiger charge is 2.28. The summed E-state index contributed by atoms with van der Waals surface area (Å²) in [5, 5.41) is 0. The average molecular weight is 264 g/mol. The van der Waals surface area contributed by atoms with Crippen LogP contribution >= 0.6 is 0 Å². The molecule has 0 aliphatic carbocycles. The van der Waals surface area contributed by atoms with Crippen molar-refractivity contribution in [3.63, 3.8) is 0 Å². The molecule has 7 heteroatoms. The van der Waals surface area contributed by atoms with Crippen molar-refractivity contribution in [1.29, 1.82) is 0 Å². The predicted octanol–water partition coefficient (Wildman–Crippen LogP) is -0.804. The van der Waals surface area contributed by atoms with Gasteiger partial charge >= 0.3 is 0 Å². The second-order valence-electron chi connectivity index (χ2n) is 4.32. The maximum atomic E-state index is 11.6. The molecule has 0 aromatic rings. The molecule has 0 spiro atoms. The van der Waals surface area contributed by atoms with Crippen molar-refractivity contribution >= 4 is 10.2 Å². The molecular formula is C10H24N4O2S. The van der Waals surface area contributed by atoms with Gasteiger partial charge in [-0.05, 0) is 6.42 Å². The molecule has 0 bridgehead atoms. The van der Waals surface area contributed by atoms with Gasteiger partial charge in [0, 0.05) is 45.8 Å². The lowest BCUT2D eigenvalue weighted by molar-refractivity contribution is 0.133. The Labute approximate surface area is 104 Å². The third kappa shape index (κ3) is 3.89. The van der Waals surface area contributed by atoms with Crippen LogP contribution in [0.3, 0.4) is 0 Å². The first kappa shape index (κ1) is 14.8. The van der Waals surface area contributed by atoms with Gasteiger partial charge in [-0.3, -0.25) is 4.90 Å². The monoisotopic (exact) mass is 264 g/mol. The maximum Gasteiger partial charge on any atom is 0.279 e. The Morgan fingerprint density at radius 2 is 1.88 bits per heavy atom. The van der Waals surface area contributed by atoms with E-state index in [1.165, 1.54) is 11.4 Å². The molecule has 1 aliphatic heterocycles. The molecule has 1 atom stereocenters. The summed E-state index contributed by atoms with van der Waals surface area (Å²) in [7, 11) is -1.82. The summed E-state index contributed by atoms with van der Waals surface area (Å²) >= 11 is 0. The second kappa shape index (κ2) is 6.65. The summed E-state index contributed by atoms with van der Waals surface area (Å²) in [6.45, 7) is 5.41. The van der Waals surface area contributed by atoms with Crippen LogP contribution in [0.5, 0.6) is 0 Å². The Hall–Kier alpha value is -0.210. The van der Waals surface area contributed by atoms with Crippen molar-refractivity contribution in [2.75, 3.05) is 39.8 Å². The molecule has 0 aromatic heterocycles. The van der Waals surface area contributed by atoms with Crippen LogP contribution in [0.4, 0.5) is 0 Å². The highest BCUT2D eigenvalue weighted by Crippen LogP contribution is 2.11. The lowest BCUT2D eigenvalue weighted by Gasteiger charge is -2.38. The highest BCUT2D eigenvalue weighted by atomic mass is 32.2. The summed E-state index contributed by atoms with van der Waals surface area (Å²) in [6, 6.07) is 0.388. The van der Waals surface area contributed by atoms with Crippen LogP contribution in [-0.2, 0) is 10.2 Å². The van der Waals surface area contributed by atoms with Crippen LogP contribution < -0.4 is 10.5 Å². The topological polar surface area (TPSA) is 78.7 Å². The highest BCUT2D eigenvalue weighted by molar-refractivity contribution is 7.87. The van der Waals surface area contributed by atoms with Gasteiger partial charge in [-0.1, -0.05) is 13.3 Å². The molecule has 1 aliphatic rings. The van der Waals surface area contributed by atoms with Crippen LogP contribution in [0.15, 0.2) is 0 Å². The van der Waals surface area contributed by atoms with E-state index in [1.807, 2.05) is 0 Å². The van der Waals surface area contributed by atoms with Crippen molar-refractivity contribution < 1.29 is 8.42 Å². The first-order valence-corrected chi connectivity index (χ1v) is 7.62. The maximum absolute atomic E-state index is 11.6. The normalized spacial score (nSPS) is 21.6. The number of nitrogens with zero attached hydrogens (tertiary/aromatic N) is 2. The largest absolute Gasteiger partial charge is 0.329 e. The zero-order valence-corrected chi connectivity index (χ0v) is 11.5. The summed E-state index contributed by atoms with van der Waals surface area (Å²) in [6.07, 6.45) is 2.19. The van der Waals surface area contributed by atoms with Gasteiger partial charge in [0.2, 0.25) is 0 Å². The number of piperazine rings is 1. The van der Waals surface area contributed by atoms with E-state index in [2.05, 4.69) is 16.5 Å². The first-order chi connectivity index (χ1) is 8.05. The molecule has 102 valence electrons. The van der Waals surface area contributed by atoms with Gasteiger partial charge < -0.3 is 5.73 Å². The van der Waals surface area contributed by atoms with E-state index < -0.39 is 10.2 Å². The Morgan fingerprint density at radius 3 is 2.29 bits per heavy atom. The van der Waals surface area contributed by atoms with E-state index in [1.54, 1.807) is 0 Å². The first-order valence-electron chi connectivity index (χ1n) is 6.17. The quantitative estimate of drug-likeness (QED) is 0.658. The van der Waals surface area contributed by atoms with Crippen LogP contribution in [0, 0.1) is 0 Å². The predicted molar refractivity (Wildman–Crippen MR) is 68.9 cm³/mol. The fourth-order valence-electron chi connectivity index (χ4n) is 2.22. The zero-order chi connectivity index (χ0) is 12.9. The van der Waals surface area contributed by atoms with Crippen molar-refractivity contribution in [3.05, 3.63) is 0 Å². The van der Waals surface area contributed by atoms with Crippen LogP contribution in [0.1, 0.15) is 19.8 Å². The molecule has 0 amide bonds. The Bertz CT molecular complexity index is 312. The van der Waals surface area contributed by atoms with Gasteiger partial charge in [-0.2, -0.15) is 12.7 Å². The van der Waals surface area contributed by atoms with E-state index in [0.29, 0.717) is 25.7 Å². The van der Waals surface area contributed by atoms with Crippen molar-refractivity contribution in [3.8, 4) is 0 Å². The van der Waals surface area contributed by atoms with Gasteiger partial charge in [-0.15, -0.1) is 0 Å². The molecule has 1 fully saturated rings. The number of hydrogen-bond donors (Lipinski definition) is 2. The second-order valence-corrected chi connectivity index (χ2v) is 6.20. The van der Waals surface area contributed by atoms with E-state index in [0.717, 1.165) is 25.9 Å². The Balaban J connectivity index is 2.50. The SMILES string of the molecule is CCCC(CN)N1CCN(S(=O)(=O)NC)CC1. The van der Waals surface area contributed by atoms with Gasteiger partial charge in [0.25, 0.3) is 10.2 Å². The summed E-state index contributed by atoms with van der Waals surface area (Å²) in [5.41, 5.74) is 5.75. The van der Waals surface area contributed by atoms with E-state index in [4.69, 9.17) is 5.73 Å². The van der Waals surface area contributed by atoms with Crippen LogP contribution in [-0.4, -0.2) is 63.4 Å². The zero-order valence-electron chi connectivity index (χ0n) is 10.7. The molecule has 0 aromatic carbocycles. The Morgan fingerprint density at radius 1 is 1.29 bits per heavy atom. The van der Waals surface area contributed by atoms with Gasteiger partial charge in [-0.25, -0.2) is 4.72 Å². The van der Waals surface area contributed by atoms with Crippen LogP contribution in [0.2, 0.25) is 0 Å². The molecule has 3 N–H and O–H groups in total.